The molecule has 0 bridgehead atoms. The molecule has 6 heteroatoms. The molecule has 0 radical (unpaired) electrons. The Morgan fingerprint density at radius 3 is 2.59 bits per heavy atom. The zero-order valence-corrected chi connectivity index (χ0v) is 12.9. The highest BCUT2D eigenvalue weighted by Crippen LogP contribution is 2.25. The van der Waals surface area contributed by atoms with Crippen molar-refractivity contribution in [3.63, 3.8) is 0 Å². The highest BCUT2D eigenvalue weighted by Gasteiger charge is 2.34. The summed E-state index contributed by atoms with van der Waals surface area (Å²) in [6.45, 7) is 4.90. The minimum Gasteiger partial charge on any atom is -0.445 e. The molecule has 1 aromatic rings. The number of primary amides is 1. The van der Waals surface area contributed by atoms with Gasteiger partial charge in [0.2, 0.25) is 5.91 Å². The first-order chi connectivity index (χ1) is 10.3. The van der Waals surface area contributed by atoms with Gasteiger partial charge in [0.25, 0.3) is 0 Å². The van der Waals surface area contributed by atoms with Crippen LogP contribution >= 0.6 is 0 Å². The van der Waals surface area contributed by atoms with Crippen LogP contribution in [0.25, 0.3) is 0 Å². The van der Waals surface area contributed by atoms with Crippen LogP contribution in [0.15, 0.2) is 53.0 Å². The molecule has 0 aliphatic rings. The van der Waals surface area contributed by atoms with Gasteiger partial charge in [-0.05, 0) is 32.4 Å². The van der Waals surface area contributed by atoms with Gasteiger partial charge in [-0.3, -0.25) is 4.79 Å². The van der Waals surface area contributed by atoms with Gasteiger partial charge in [0.05, 0.1) is 17.7 Å². The Hall–Kier alpha value is -2.18. The molecule has 0 fully saturated rings. The zero-order valence-electron chi connectivity index (χ0n) is 12.9. The smallest absolute Gasteiger partial charge is 0.226 e. The number of hydrogen-bond acceptors (Lipinski definition) is 5. The first-order valence-corrected chi connectivity index (χ1v) is 6.83. The van der Waals surface area contributed by atoms with Gasteiger partial charge in [0.15, 0.2) is 12.2 Å². The van der Waals surface area contributed by atoms with E-state index in [-0.39, 0.29) is 0 Å². The van der Waals surface area contributed by atoms with Crippen LogP contribution in [0.1, 0.15) is 32.6 Å². The van der Waals surface area contributed by atoms with Crippen molar-refractivity contribution in [2.24, 2.45) is 11.1 Å². The average molecular weight is 306 g/mol. The molecule has 0 saturated heterocycles. The van der Waals surface area contributed by atoms with Crippen molar-refractivity contribution in [3.8, 4) is 0 Å². The lowest BCUT2D eigenvalue weighted by atomic mass is 9.82. The fourth-order valence-electron chi connectivity index (χ4n) is 1.70. The number of nitrogens with zero attached hydrogens (tertiary/aromatic N) is 1. The van der Waals surface area contributed by atoms with E-state index in [9.17, 15) is 15.0 Å². The molecule has 6 nitrogen and oxygen atoms in total. The first kappa shape index (κ1) is 17.9. The molecule has 2 atom stereocenters. The van der Waals surface area contributed by atoms with Crippen molar-refractivity contribution >= 4 is 5.91 Å². The molecule has 0 saturated carbocycles. The first-order valence-electron chi connectivity index (χ1n) is 6.83. The normalized spacial score (nSPS) is 16.3. The van der Waals surface area contributed by atoms with E-state index in [1.165, 1.54) is 18.7 Å². The van der Waals surface area contributed by atoms with Crippen LogP contribution in [0, 0.1) is 5.41 Å². The Labute approximate surface area is 129 Å². The van der Waals surface area contributed by atoms with Gasteiger partial charge in [-0.15, -0.1) is 0 Å². The molecule has 0 aliphatic heterocycles. The number of allylic oxidation sites excluding steroid dienone is 4. The summed E-state index contributed by atoms with van der Waals surface area (Å²) in [5.41, 5.74) is 4.85. The molecule has 0 aliphatic carbocycles. The summed E-state index contributed by atoms with van der Waals surface area (Å²) >= 11 is 0. The maximum Gasteiger partial charge on any atom is 0.226 e. The summed E-state index contributed by atoms with van der Waals surface area (Å²) in [6, 6.07) is 0. The third kappa shape index (κ3) is 4.68. The van der Waals surface area contributed by atoms with Crippen LogP contribution in [-0.4, -0.2) is 27.2 Å². The third-order valence-electron chi connectivity index (χ3n) is 3.37. The number of carbonyl (C=O) groups excluding carboxylic acids is 1. The van der Waals surface area contributed by atoms with Gasteiger partial charge in [-0.1, -0.05) is 24.3 Å². The lowest BCUT2D eigenvalue weighted by Crippen LogP contribution is -2.42. The molecule has 1 rings (SSSR count). The van der Waals surface area contributed by atoms with E-state index in [2.05, 4.69) is 4.98 Å². The van der Waals surface area contributed by atoms with E-state index >= 15 is 0 Å². The number of aliphatic hydroxyl groups excluding tert-OH is 2. The van der Waals surface area contributed by atoms with Gasteiger partial charge in [-0.25, -0.2) is 4.98 Å². The summed E-state index contributed by atoms with van der Waals surface area (Å²) in [4.78, 5) is 15.0. The van der Waals surface area contributed by atoms with Gasteiger partial charge in [-0.2, -0.15) is 0 Å². The fourth-order valence-corrected chi connectivity index (χ4v) is 1.70. The van der Waals surface area contributed by atoms with E-state index in [1.807, 2.05) is 0 Å². The fraction of sp³-hybridized carbons (Fsp3) is 0.375. The topological polar surface area (TPSA) is 110 Å². The van der Waals surface area contributed by atoms with E-state index in [4.69, 9.17) is 10.2 Å². The van der Waals surface area contributed by atoms with E-state index in [1.54, 1.807) is 45.1 Å². The van der Waals surface area contributed by atoms with E-state index in [0.29, 0.717) is 11.3 Å². The molecule has 0 unspecified atom stereocenters. The van der Waals surface area contributed by atoms with Crippen LogP contribution in [0.4, 0.5) is 0 Å². The molecule has 0 spiro atoms. The molecule has 1 amide bonds. The monoisotopic (exact) mass is 306 g/mol. The standard InChI is InChI=1S/C16H22N2O4/c1-11(14(20)16(2,3)15(17)21)7-5-4-6-8-12(19)13-9-18-10-22-13/h4-10,12,14,19-20H,1-3H3,(H2,17,21)/b5-4-,8-6+,11-7-/t12-,14-/m1/s1. The molecule has 1 aromatic heterocycles. The Balaban J connectivity index is 2.61. The predicted molar refractivity (Wildman–Crippen MR) is 82.5 cm³/mol. The highest BCUT2D eigenvalue weighted by atomic mass is 16.4. The largest absolute Gasteiger partial charge is 0.445 e. The number of oxazole rings is 1. The number of hydrogen-bond donors (Lipinski definition) is 3. The SMILES string of the molecule is C/C(=C/C=C\C=C\[C@@H](O)c1cnco1)[C@@H](O)C(C)(C)C(N)=O. The van der Waals surface area contributed by atoms with Crippen molar-refractivity contribution in [1.82, 2.24) is 4.98 Å². The lowest BCUT2D eigenvalue weighted by Gasteiger charge is -2.27. The molecule has 22 heavy (non-hydrogen) atoms. The Morgan fingerprint density at radius 2 is 2.05 bits per heavy atom. The molecular weight excluding hydrogens is 284 g/mol. The van der Waals surface area contributed by atoms with Gasteiger partial charge in [0, 0.05) is 0 Å². The third-order valence-corrected chi connectivity index (χ3v) is 3.37. The van der Waals surface area contributed by atoms with Gasteiger partial charge >= 0.3 is 0 Å². The second-order valence-electron chi connectivity index (χ2n) is 5.52. The summed E-state index contributed by atoms with van der Waals surface area (Å²) in [5, 5.41) is 19.8. The molecular formula is C16H22N2O4. The number of nitrogens with two attached hydrogens (primary N) is 1. The van der Waals surface area contributed by atoms with E-state index in [0.717, 1.165) is 0 Å². The van der Waals surface area contributed by atoms with Crippen LogP contribution < -0.4 is 5.73 Å². The van der Waals surface area contributed by atoms with Crippen molar-refractivity contribution in [1.29, 1.82) is 0 Å². The maximum atomic E-state index is 11.3. The second kappa shape index (κ2) is 7.72. The molecule has 4 N–H and O–H groups in total. The Kier molecular flexibility index (Phi) is 6.27. The average Bonchev–Trinajstić information content (AvgIpc) is 2.99. The molecule has 1 heterocycles. The molecule has 120 valence electrons. The number of rotatable bonds is 7. The van der Waals surface area contributed by atoms with Crippen molar-refractivity contribution in [2.45, 2.75) is 33.0 Å². The van der Waals surface area contributed by atoms with Crippen LogP contribution in [0.2, 0.25) is 0 Å². The minimum absolute atomic E-state index is 0.356. The minimum atomic E-state index is -1.03. The number of carbonyl (C=O) groups is 1. The summed E-state index contributed by atoms with van der Waals surface area (Å²) in [7, 11) is 0. The van der Waals surface area contributed by atoms with Crippen LogP contribution in [0.3, 0.4) is 0 Å². The van der Waals surface area contributed by atoms with Gasteiger partial charge < -0.3 is 20.4 Å². The van der Waals surface area contributed by atoms with Crippen molar-refractivity contribution in [3.05, 3.63) is 54.3 Å². The zero-order chi connectivity index (χ0) is 16.8. The van der Waals surface area contributed by atoms with Crippen LogP contribution in [0.5, 0.6) is 0 Å². The number of aliphatic hydroxyl groups is 2. The second-order valence-corrected chi connectivity index (χ2v) is 5.52. The van der Waals surface area contributed by atoms with Crippen molar-refractivity contribution < 1.29 is 19.4 Å². The summed E-state index contributed by atoms with van der Waals surface area (Å²) in [5.74, 6) is -0.207. The maximum absolute atomic E-state index is 11.3. The lowest BCUT2D eigenvalue weighted by molar-refractivity contribution is -0.130. The van der Waals surface area contributed by atoms with Gasteiger partial charge in [0.1, 0.15) is 6.10 Å². The highest BCUT2D eigenvalue weighted by molar-refractivity contribution is 5.81. The number of aromatic nitrogens is 1. The Bertz CT molecular complexity index is 571. The summed E-state index contributed by atoms with van der Waals surface area (Å²) in [6.07, 6.45) is 9.09. The quantitative estimate of drug-likeness (QED) is 0.663. The predicted octanol–water partition coefficient (Wildman–Crippen LogP) is 1.64. The molecule has 0 aromatic carbocycles. The van der Waals surface area contributed by atoms with E-state index < -0.39 is 23.5 Å². The van der Waals surface area contributed by atoms with Crippen molar-refractivity contribution in [2.75, 3.05) is 0 Å². The Morgan fingerprint density at radius 1 is 1.36 bits per heavy atom. The van der Waals surface area contributed by atoms with Crippen LogP contribution in [-0.2, 0) is 4.79 Å². The summed E-state index contributed by atoms with van der Waals surface area (Å²) < 4.78 is 4.96. The number of amides is 1.